The van der Waals surface area contributed by atoms with E-state index >= 15 is 0 Å². The van der Waals surface area contributed by atoms with Gasteiger partial charge >= 0.3 is 0 Å². The lowest BCUT2D eigenvalue weighted by molar-refractivity contribution is -0.121. The zero-order chi connectivity index (χ0) is 17.6. The second-order valence-electron chi connectivity index (χ2n) is 5.59. The number of hydrogen-bond acceptors (Lipinski definition) is 4. The topological polar surface area (TPSA) is 62.3 Å². The number of amides is 2. The molecule has 0 bridgehead atoms. The van der Waals surface area contributed by atoms with Crippen LogP contribution in [0.2, 0.25) is 0 Å². The zero-order valence-corrected chi connectivity index (χ0v) is 14.8. The molecule has 5 nitrogen and oxygen atoms in total. The van der Waals surface area contributed by atoms with Crippen LogP contribution in [0.4, 0.5) is 0 Å². The van der Waals surface area contributed by atoms with E-state index in [0.717, 1.165) is 15.8 Å². The molecule has 3 rings (SSSR count). The van der Waals surface area contributed by atoms with Crippen molar-refractivity contribution in [3.63, 3.8) is 0 Å². The third-order valence-electron chi connectivity index (χ3n) is 3.90. The maximum Gasteiger partial charge on any atom is 0.254 e. The van der Waals surface area contributed by atoms with Crippen LogP contribution < -0.4 is 5.32 Å². The highest BCUT2D eigenvalue weighted by Gasteiger charge is 2.17. The number of nitrogens with one attached hydrogen (secondary N) is 1. The number of benzene rings is 1. The summed E-state index contributed by atoms with van der Waals surface area (Å²) < 4.78 is 0. The molecule has 0 saturated carbocycles. The van der Waals surface area contributed by atoms with E-state index in [0.29, 0.717) is 18.7 Å². The van der Waals surface area contributed by atoms with Crippen LogP contribution >= 0.6 is 11.3 Å². The van der Waals surface area contributed by atoms with Crippen molar-refractivity contribution >= 4 is 34.1 Å². The number of pyridine rings is 1. The molecular formula is C19H19N3O2S. The Morgan fingerprint density at radius 1 is 1.20 bits per heavy atom. The average molecular weight is 353 g/mol. The van der Waals surface area contributed by atoms with Crippen molar-refractivity contribution < 1.29 is 9.59 Å². The SMILES string of the molecule is CCN(CC(=O)NCc1cccs1)C(=O)c1ccc2cccnc2c1. The Balaban J connectivity index is 1.66. The van der Waals surface area contributed by atoms with Crippen LogP contribution in [0.3, 0.4) is 0 Å². The van der Waals surface area contributed by atoms with Gasteiger partial charge in [0, 0.05) is 28.6 Å². The number of fused-ring (bicyclic) bond motifs is 1. The molecule has 2 heterocycles. The summed E-state index contributed by atoms with van der Waals surface area (Å²) in [6, 6.07) is 13.1. The van der Waals surface area contributed by atoms with Crippen LogP contribution in [0.25, 0.3) is 10.9 Å². The van der Waals surface area contributed by atoms with Crippen molar-refractivity contribution in [2.24, 2.45) is 0 Å². The van der Waals surface area contributed by atoms with Gasteiger partial charge in [-0.1, -0.05) is 18.2 Å². The second kappa shape index (κ2) is 7.90. The third kappa shape index (κ3) is 4.22. The molecule has 0 saturated heterocycles. The van der Waals surface area contributed by atoms with Crippen LogP contribution in [-0.2, 0) is 11.3 Å². The number of carbonyl (C=O) groups excluding carboxylic acids is 2. The van der Waals surface area contributed by atoms with Gasteiger partial charge in [0.15, 0.2) is 0 Å². The lowest BCUT2D eigenvalue weighted by Crippen LogP contribution is -2.40. The summed E-state index contributed by atoms with van der Waals surface area (Å²) in [5.74, 6) is -0.330. The molecular weight excluding hydrogens is 334 g/mol. The summed E-state index contributed by atoms with van der Waals surface area (Å²) in [6.07, 6.45) is 1.70. The van der Waals surface area contributed by atoms with E-state index in [2.05, 4.69) is 10.3 Å². The summed E-state index contributed by atoms with van der Waals surface area (Å²) in [4.78, 5) is 31.8. The molecule has 25 heavy (non-hydrogen) atoms. The van der Waals surface area contributed by atoms with Crippen molar-refractivity contribution in [2.75, 3.05) is 13.1 Å². The number of aromatic nitrogens is 1. The van der Waals surface area contributed by atoms with Crippen molar-refractivity contribution in [2.45, 2.75) is 13.5 Å². The predicted octanol–water partition coefficient (Wildman–Crippen LogP) is 3.07. The molecule has 0 fully saturated rings. The highest BCUT2D eigenvalue weighted by Crippen LogP contribution is 2.15. The highest BCUT2D eigenvalue weighted by molar-refractivity contribution is 7.09. The predicted molar refractivity (Wildman–Crippen MR) is 99.5 cm³/mol. The first-order valence-electron chi connectivity index (χ1n) is 8.10. The minimum Gasteiger partial charge on any atom is -0.350 e. The standard InChI is InChI=1S/C19H19N3O2S/c1-2-22(13-18(23)21-12-16-6-4-10-25-16)19(24)15-8-7-14-5-3-9-20-17(14)11-15/h3-11H,2,12-13H2,1H3,(H,21,23). The van der Waals surface area contributed by atoms with E-state index in [1.54, 1.807) is 29.7 Å². The highest BCUT2D eigenvalue weighted by atomic mass is 32.1. The minimum atomic E-state index is -0.165. The number of nitrogens with zero attached hydrogens (tertiary/aromatic N) is 2. The first-order chi connectivity index (χ1) is 12.2. The molecule has 6 heteroatoms. The number of likely N-dealkylation sites (N-methyl/N-ethyl adjacent to an activating group) is 1. The van der Waals surface area contributed by atoms with E-state index in [4.69, 9.17) is 0 Å². The lowest BCUT2D eigenvalue weighted by atomic mass is 10.1. The Bertz CT molecular complexity index is 877. The van der Waals surface area contributed by atoms with Crippen molar-refractivity contribution in [1.29, 1.82) is 0 Å². The lowest BCUT2D eigenvalue weighted by Gasteiger charge is -2.20. The quantitative estimate of drug-likeness (QED) is 0.741. The van der Waals surface area contributed by atoms with Gasteiger partial charge in [-0.15, -0.1) is 11.3 Å². The fraction of sp³-hybridized carbons (Fsp3) is 0.211. The fourth-order valence-electron chi connectivity index (χ4n) is 2.54. The summed E-state index contributed by atoms with van der Waals surface area (Å²) in [5.41, 5.74) is 1.31. The van der Waals surface area contributed by atoms with Gasteiger partial charge in [0.05, 0.1) is 18.6 Å². The van der Waals surface area contributed by atoms with Gasteiger partial charge < -0.3 is 10.2 Å². The molecule has 0 aliphatic rings. The molecule has 0 aliphatic heterocycles. The Labute approximate surface area is 150 Å². The van der Waals surface area contributed by atoms with E-state index < -0.39 is 0 Å². The van der Waals surface area contributed by atoms with Crippen LogP contribution in [0.15, 0.2) is 54.0 Å². The number of thiophene rings is 1. The normalized spacial score (nSPS) is 10.6. The molecule has 0 unspecified atom stereocenters. The monoisotopic (exact) mass is 353 g/mol. The number of rotatable bonds is 6. The van der Waals surface area contributed by atoms with E-state index in [1.165, 1.54) is 4.90 Å². The number of carbonyl (C=O) groups is 2. The van der Waals surface area contributed by atoms with Crippen LogP contribution in [0.1, 0.15) is 22.2 Å². The van der Waals surface area contributed by atoms with Gasteiger partial charge in [-0.05, 0) is 36.6 Å². The minimum absolute atomic E-state index is 0.0426. The molecule has 3 aromatic rings. The molecule has 2 aromatic heterocycles. The van der Waals surface area contributed by atoms with E-state index in [-0.39, 0.29) is 18.4 Å². The Morgan fingerprint density at radius 2 is 2.08 bits per heavy atom. The first-order valence-corrected chi connectivity index (χ1v) is 8.98. The molecule has 0 radical (unpaired) electrons. The molecule has 0 atom stereocenters. The Hall–Kier alpha value is -2.73. The largest absolute Gasteiger partial charge is 0.350 e. The molecule has 2 amide bonds. The molecule has 0 spiro atoms. The average Bonchev–Trinajstić information content (AvgIpc) is 3.17. The Kier molecular flexibility index (Phi) is 5.40. The van der Waals surface area contributed by atoms with Gasteiger partial charge in [0.25, 0.3) is 5.91 Å². The van der Waals surface area contributed by atoms with Gasteiger partial charge in [-0.2, -0.15) is 0 Å². The van der Waals surface area contributed by atoms with Crippen LogP contribution in [0.5, 0.6) is 0 Å². The molecule has 1 aromatic carbocycles. The smallest absolute Gasteiger partial charge is 0.254 e. The summed E-state index contributed by atoms with van der Waals surface area (Å²) in [5, 5.41) is 5.80. The van der Waals surface area contributed by atoms with E-state index in [9.17, 15) is 9.59 Å². The maximum absolute atomic E-state index is 12.7. The second-order valence-corrected chi connectivity index (χ2v) is 6.62. The van der Waals surface area contributed by atoms with Crippen molar-refractivity contribution in [3.05, 3.63) is 64.5 Å². The van der Waals surface area contributed by atoms with Crippen molar-refractivity contribution in [1.82, 2.24) is 15.2 Å². The summed E-state index contributed by atoms with van der Waals surface area (Å²) in [7, 11) is 0. The van der Waals surface area contributed by atoms with E-state index in [1.807, 2.05) is 42.6 Å². The van der Waals surface area contributed by atoms with Crippen LogP contribution in [-0.4, -0.2) is 34.8 Å². The van der Waals surface area contributed by atoms with Gasteiger partial charge in [0.2, 0.25) is 5.91 Å². The fourth-order valence-corrected chi connectivity index (χ4v) is 3.18. The van der Waals surface area contributed by atoms with Gasteiger partial charge in [-0.3, -0.25) is 14.6 Å². The van der Waals surface area contributed by atoms with Gasteiger partial charge in [0.1, 0.15) is 0 Å². The zero-order valence-electron chi connectivity index (χ0n) is 13.9. The van der Waals surface area contributed by atoms with Gasteiger partial charge in [-0.25, -0.2) is 0 Å². The third-order valence-corrected chi connectivity index (χ3v) is 4.77. The molecule has 0 aliphatic carbocycles. The maximum atomic E-state index is 12.7. The summed E-state index contributed by atoms with van der Waals surface area (Å²) >= 11 is 1.59. The molecule has 128 valence electrons. The molecule has 1 N–H and O–H groups in total. The van der Waals surface area contributed by atoms with Crippen molar-refractivity contribution in [3.8, 4) is 0 Å². The Morgan fingerprint density at radius 3 is 2.84 bits per heavy atom. The van der Waals surface area contributed by atoms with Crippen LogP contribution in [0, 0.1) is 0 Å². The summed E-state index contributed by atoms with van der Waals surface area (Å²) in [6.45, 7) is 2.86. The first kappa shape index (κ1) is 17.1. The number of hydrogen-bond donors (Lipinski definition) is 1.